The molecule has 110 valence electrons. The van der Waals surface area contributed by atoms with Crippen LogP contribution in [0.5, 0.6) is 0 Å². The van der Waals surface area contributed by atoms with E-state index in [0.29, 0.717) is 6.54 Å². The van der Waals surface area contributed by atoms with Gasteiger partial charge in [0, 0.05) is 12.5 Å². The minimum atomic E-state index is -0.0606. The highest BCUT2D eigenvalue weighted by molar-refractivity contribution is 7.15. The van der Waals surface area contributed by atoms with Crippen molar-refractivity contribution in [1.29, 1.82) is 0 Å². The Labute approximate surface area is 124 Å². The van der Waals surface area contributed by atoms with E-state index in [9.17, 15) is 5.11 Å². The van der Waals surface area contributed by atoms with Gasteiger partial charge in [-0.15, -0.1) is 0 Å². The second kappa shape index (κ2) is 5.58. The van der Waals surface area contributed by atoms with Crippen molar-refractivity contribution in [2.75, 3.05) is 11.9 Å². The molecule has 0 aromatic carbocycles. The molecular formula is C15H22N2O2S. The van der Waals surface area contributed by atoms with Gasteiger partial charge in [0.1, 0.15) is 11.5 Å². The highest BCUT2D eigenvalue weighted by Crippen LogP contribution is 2.33. The fourth-order valence-corrected chi connectivity index (χ4v) is 3.16. The number of nitrogens with zero attached hydrogens (tertiary/aromatic N) is 2. The van der Waals surface area contributed by atoms with Crippen LogP contribution in [0.4, 0.5) is 5.13 Å². The van der Waals surface area contributed by atoms with Gasteiger partial charge in [-0.25, -0.2) is 4.98 Å². The molecule has 0 fully saturated rings. The average Bonchev–Trinajstić information content (AvgIpc) is 2.94. The number of aromatic nitrogens is 1. The predicted molar refractivity (Wildman–Crippen MR) is 82.3 cm³/mol. The van der Waals surface area contributed by atoms with Gasteiger partial charge in [-0.3, -0.25) is 0 Å². The van der Waals surface area contributed by atoms with Crippen molar-refractivity contribution in [3.05, 3.63) is 34.2 Å². The summed E-state index contributed by atoms with van der Waals surface area (Å²) in [5.74, 6) is 1.84. The first-order valence-electron chi connectivity index (χ1n) is 6.68. The first-order chi connectivity index (χ1) is 9.31. The summed E-state index contributed by atoms with van der Waals surface area (Å²) >= 11 is 1.54. The van der Waals surface area contributed by atoms with Gasteiger partial charge in [0.25, 0.3) is 0 Å². The van der Waals surface area contributed by atoms with Crippen LogP contribution < -0.4 is 4.90 Å². The van der Waals surface area contributed by atoms with E-state index in [0.717, 1.165) is 27.2 Å². The van der Waals surface area contributed by atoms with Crippen LogP contribution in [0.25, 0.3) is 0 Å². The maximum absolute atomic E-state index is 9.50. The lowest BCUT2D eigenvalue weighted by molar-refractivity contribution is 0.282. The molecule has 2 aromatic heterocycles. The monoisotopic (exact) mass is 294 g/mol. The number of thiazole rings is 1. The normalized spacial score (nSPS) is 11.9. The largest absolute Gasteiger partial charge is 0.464 e. The Morgan fingerprint density at radius 1 is 1.35 bits per heavy atom. The van der Waals surface area contributed by atoms with Crippen molar-refractivity contribution >= 4 is 16.5 Å². The van der Waals surface area contributed by atoms with E-state index in [4.69, 9.17) is 9.40 Å². The average molecular weight is 294 g/mol. The molecular weight excluding hydrogens is 272 g/mol. The topological polar surface area (TPSA) is 49.5 Å². The quantitative estimate of drug-likeness (QED) is 0.938. The molecule has 0 atom stereocenters. The molecule has 2 rings (SSSR count). The van der Waals surface area contributed by atoms with Crippen molar-refractivity contribution in [2.24, 2.45) is 0 Å². The minimum absolute atomic E-state index is 0.0397. The molecule has 0 aliphatic carbocycles. The molecule has 0 radical (unpaired) electrons. The highest BCUT2D eigenvalue weighted by Gasteiger charge is 2.24. The Morgan fingerprint density at radius 2 is 2.05 bits per heavy atom. The molecule has 5 heteroatoms. The van der Waals surface area contributed by atoms with E-state index >= 15 is 0 Å². The van der Waals surface area contributed by atoms with Crippen molar-refractivity contribution < 1.29 is 9.52 Å². The number of aliphatic hydroxyl groups excluding tert-OH is 1. The van der Waals surface area contributed by atoms with E-state index in [1.807, 2.05) is 26.1 Å². The van der Waals surface area contributed by atoms with E-state index in [1.54, 1.807) is 11.3 Å². The number of rotatable bonds is 4. The van der Waals surface area contributed by atoms with Crippen molar-refractivity contribution in [3.8, 4) is 0 Å². The molecule has 2 heterocycles. The zero-order chi connectivity index (χ0) is 14.9. The maximum Gasteiger partial charge on any atom is 0.186 e. The Morgan fingerprint density at radius 3 is 2.50 bits per heavy atom. The van der Waals surface area contributed by atoms with Gasteiger partial charge < -0.3 is 14.4 Å². The Kier molecular flexibility index (Phi) is 4.20. The number of hydrogen-bond acceptors (Lipinski definition) is 5. The van der Waals surface area contributed by atoms with Gasteiger partial charge in [0.05, 0.1) is 23.7 Å². The van der Waals surface area contributed by atoms with Gasteiger partial charge in [-0.05, 0) is 19.1 Å². The molecule has 0 saturated heterocycles. The fourth-order valence-electron chi connectivity index (χ4n) is 2.07. The van der Waals surface area contributed by atoms with Crippen LogP contribution in [0.3, 0.4) is 0 Å². The van der Waals surface area contributed by atoms with Gasteiger partial charge in [0.15, 0.2) is 5.13 Å². The zero-order valence-electron chi connectivity index (χ0n) is 12.7. The molecule has 0 unspecified atom stereocenters. The van der Waals surface area contributed by atoms with Crippen LogP contribution in [-0.2, 0) is 18.6 Å². The number of aryl methyl sites for hydroxylation is 1. The molecule has 0 saturated carbocycles. The summed E-state index contributed by atoms with van der Waals surface area (Å²) in [6, 6.07) is 3.95. The van der Waals surface area contributed by atoms with Crippen molar-refractivity contribution in [1.82, 2.24) is 4.98 Å². The van der Waals surface area contributed by atoms with E-state index in [-0.39, 0.29) is 12.0 Å². The third-order valence-electron chi connectivity index (χ3n) is 3.06. The van der Waals surface area contributed by atoms with Crippen molar-refractivity contribution in [3.63, 3.8) is 0 Å². The number of hydrogen-bond donors (Lipinski definition) is 1. The summed E-state index contributed by atoms with van der Waals surface area (Å²) in [6.45, 7) is 8.99. The molecule has 20 heavy (non-hydrogen) atoms. The lowest BCUT2D eigenvalue weighted by atomic mass is 9.91. The van der Waals surface area contributed by atoms with E-state index < -0.39 is 0 Å². The fraction of sp³-hybridized carbons (Fsp3) is 0.533. The minimum Gasteiger partial charge on any atom is -0.464 e. The molecule has 1 N–H and O–H groups in total. The summed E-state index contributed by atoms with van der Waals surface area (Å²) in [4.78, 5) is 7.69. The predicted octanol–water partition coefficient (Wildman–Crippen LogP) is 3.47. The Balaban J connectivity index is 2.22. The number of furan rings is 1. The standard InChI is InChI=1S/C15H22N2O2S/c1-10-6-7-11(19-10)8-17(5)14-16-13(15(2,3)4)12(9-18)20-14/h6-7,18H,8-9H2,1-5H3. The summed E-state index contributed by atoms with van der Waals surface area (Å²) in [7, 11) is 1.99. The molecule has 4 nitrogen and oxygen atoms in total. The maximum atomic E-state index is 9.50. The second-order valence-electron chi connectivity index (χ2n) is 6.04. The smallest absolute Gasteiger partial charge is 0.186 e. The molecule has 0 aliphatic heterocycles. The first kappa shape index (κ1) is 15.1. The van der Waals surface area contributed by atoms with Crippen LogP contribution >= 0.6 is 11.3 Å². The molecule has 0 spiro atoms. The van der Waals surface area contributed by atoms with Crippen LogP contribution in [0.15, 0.2) is 16.5 Å². The number of aliphatic hydroxyl groups is 1. The molecule has 2 aromatic rings. The van der Waals surface area contributed by atoms with Crippen molar-refractivity contribution in [2.45, 2.75) is 46.3 Å². The van der Waals surface area contributed by atoms with Crippen LogP contribution in [-0.4, -0.2) is 17.1 Å². The summed E-state index contributed by atoms with van der Waals surface area (Å²) in [5, 5.41) is 10.4. The number of anilines is 1. The third kappa shape index (κ3) is 3.22. The van der Waals surface area contributed by atoms with E-state index in [2.05, 4.69) is 25.7 Å². The second-order valence-corrected chi connectivity index (χ2v) is 7.11. The zero-order valence-corrected chi connectivity index (χ0v) is 13.5. The van der Waals surface area contributed by atoms with Gasteiger partial charge in [0.2, 0.25) is 0 Å². The first-order valence-corrected chi connectivity index (χ1v) is 7.50. The lowest BCUT2D eigenvalue weighted by Gasteiger charge is -2.17. The molecule has 0 bridgehead atoms. The van der Waals surface area contributed by atoms with Crippen LogP contribution in [0, 0.1) is 6.92 Å². The summed E-state index contributed by atoms with van der Waals surface area (Å²) < 4.78 is 5.59. The van der Waals surface area contributed by atoms with E-state index in [1.165, 1.54) is 0 Å². The SMILES string of the molecule is Cc1ccc(CN(C)c2nc(C(C)(C)C)c(CO)s2)o1. The Bertz CT molecular complexity index is 581. The summed E-state index contributed by atoms with van der Waals surface area (Å²) in [5.41, 5.74) is 0.914. The van der Waals surface area contributed by atoms with Gasteiger partial charge in [-0.2, -0.15) is 0 Å². The highest BCUT2D eigenvalue weighted by atomic mass is 32.1. The Hall–Kier alpha value is -1.33. The van der Waals surface area contributed by atoms with Gasteiger partial charge >= 0.3 is 0 Å². The summed E-state index contributed by atoms with van der Waals surface area (Å²) in [6.07, 6.45) is 0. The lowest BCUT2D eigenvalue weighted by Crippen LogP contribution is -2.17. The van der Waals surface area contributed by atoms with Gasteiger partial charge in [-0.1, -0.05) is 32.1 Å². The van der Waals surface area contributed by atoms with Crippen LogP contribution in [0.1, 0.15) is 42.9 Å². The third-order valence-corrected chi connectivity index (χ3v) is 4.21. The molecule has 0 amide bonds. The van der Waals surface area contributed by atoms with Crippen LogP contribution in [0.2, 0.25) is 0 Å². The molecule has 0 aliphatic rings.